The molecule has 2 nitrogen and oxygen atoms in total. The second-order valence-corrected chi connectivity index (χ2v) is 5.32. The van der Waals surface area contributed by atoms with Crippen LogP contribution < -0.4 is 0 Å². The average Bonchev–Trinajstić information content (AvgIpc) is 2.37. The van der Waals surface area contributed by atoms with E-state index >= 15 is 0 Å². The highest BCUT2D eigenvalue weighted by atomic mass is 32.2. The molecule has 0 aliphatic carbocycles. The van der Waals surface area contributed by atoms with Crippen molar-refractivity contribution in [2.45, 2.75) is 31.2 Å². The minimum atomic E-state index is 0.254. The van der Waals surface area contributed by atoms with Crippen molar-refractivity contribution in [2.75, 3.05) is 25.4 Å². The molecule has 1 aromatic rings. The fraction of sp³-hybridized carbons (Fsp3) is 0.571. The summed E-state index contributed by atoms with van der Waals surface area (Å²) in [6, 6.07) is 11.1. The molecule has 0 bridgehead atoms. The van der Waals surface area contributed by atoms with E-state index in [1.807, 2.05) is 17.8 Å². The van der Waals surface area contributed by atoms with E-state index in [4.69, 9.17) is 5.11 Å². The van der Waals surface area contributed by atoms with Crippen LogP contribution in [-0.4, -0.2) is 41.5 Å². The highest BCUT2D eigenvalue weighted by molar-refractivity contribution is 7.99. The number of thioether (sulfide) groups is 1. The van der Waals surface area contributed by atoms with E-state index in [0.29, 0.717) is 6.04 Å². The first-order valence-electron chi connectivity index (χ1n) is 6.30. The third kappa shape index (κ3) is 5.57. The van der Waals surface area contributed by atoms with Crippen LogP contribution in [0.3, 0.4) is 0 Å². The summed E-state index contributed by atoms with van der Waals surface area (Å²) in [5.41, 5.74) is 0. The third-order valence-electron chi connectivity index (χ3n) is 2.96. The number of hydrogen-bond acceptors (Lipinski definition) is 3. The Labute approximate surface area is 109 Å². The molecule has 1 aromatic carbocycles. The molecule has 3 heteroatoms. The molecule has 96 valence electrons. The van der Waals surface area contributed by atoms with Crippen molar-refractivity contribution in [3.8, 4) is 0 Å². The first kappa shape index (κ1) is 14.6. The molecular formula is C14H23NOS. The minimum absolute atomic E-state index is 0.254. The van der Waals surface area contributed by atoms with E-state index in [0.717, 1.165) is 25.3 Å². The van der Waals surface area contributed by atoms with Gasteiger partial charge in [-0.15, -0.1) is 11.8 Å². The smallest absolute Gasteiger partial charge is 0.0558 e. The highest BCUT2D eigenvalue weighted by Crippen LogP contribution is 2.19. The van der Waals surface area contributed by atoms with Crippen LogP contribution in [0.5, 0.6) is 0 Å². The lowest BCUT2D eigenvalue weighted by Gasteiger charge is -2.26. The van der Waals surface area contributed by atoms with Gasteiger partial charge in [0, 0.05) is 17.5 Å². The van der Waals surface area contributed by atoms with Gasteiger partial charge in [0.05, 0.1) is 6.61 Å². The van der Waals surface area contributed by atoms with Gasteiger partial charge in [0.25, 0.3) is 0 Å². The standard InChI is InChI=1S/C14H23NOS/c1-3-15(10-11-16)13(2)9-12-17-14-7-5-4-6-8-14/h4-8,13,16H,3,9-12H2,1-2H3. The number of rotatable bonds is 8. The Morgan fingerprint density at radius 3 is 2.59 bits per heavy atom. The zero-order valence-electron chi connectivity index (χ0n) is 10.8. The normalized spacial score (nSPS) is 12.9. The lowest BCUT2D eigenvalue weighted by atomic mass is 10.2. The van der Waals surface area contributed by atoms with Gasteiger partial charge in [-0.1, -0.05) is 25.1 Å². The van der Waals surface area contributed by atoms with Gasteiger partial charge >= 0.3 is 0 Å². The Kier molecular flexibility index (Phi) is 7.33. The molecule has 1 atom stereocenters. The molecule has 0 heterocycles. The molecular weight excluding hydrogens is 230 g/mol. The van der Waals surface area contributed by atoms with Gasteiger partial charge in [-0.3, -0.25) is 4.90 Å². The first-order chi connectivity index (χ1) is 8.27. The van der Waals surface area contributed by atoms with E-state index in [2.05, 4.69) is 43.0 Å². The topological polar surface area (TPSA) is 23.5 Å². The molecule has 0 aliphatic heterocycles. The Morgan fingerprint density at radius 1 is 1.29 bits per heavy atom. The van der Waals surface area contributed by atoms with Crippen molar-refractivity contribution in [2.24, 2.45) is 0 Å². The number of nitrogens with zero attached hydrogens (tertiary/aromatic N) is 1. The number of benzene rings is 1. The fourth-order valence-electron chi connectivity index (χ4n) is 1.87. The van der Waals surface area contributed by atoms with Crippen molar-refractivity contribution >= 4 is 11.8 Å². The third-order valence-corrected chi connectivity index (χ3v) is 4.01. The maximum absolute atomic E-state index is 8.97. The molecule has 0 radical (unpaired) electrons. The van der Waals surface area contributed by atoms with Crippen molar-refractivity contribution in [3.63, 3.8) is 0 Å². The summed E-state index contributed by atoms with van der Waals surface area (Å²) >= 11 is 1.91. The summed E-state index contributed by atoms with van der Waals surface area (Å²) in [5.74, 6) is 1.13. The molecule has 0 aliphatic rings. The van der Waals surface area contributed by atoms with Crippen LogP contribution in [0.4, 0.5) is 0 Å². The summed E-state index contributed by atoms with van der Waals surface area (Å²) in [7, 11) is 0. The molecule has 0 spiro atoms. The van der Waals surface area contributed by atoms with Crippen LogP contribution in [0.15, 0.2) is 35.2 Å². The van der Waals surface area contributed by atoms with Crippen LogP contribution in [0.1, 0.15) is 20.3 Å². The van der Waals surface area contributed by atoms with Gasteiger partial charge in [-0.05, 0) is 37.8 Å². The molecule has 1 unspecified atom stereocenters. The Bertz CT molecular complexity index is 292. The maximum atomic E-state index is 8.97. The van der Waals surface area contributed by atoms with Gasteiger partial charge in [-0.2, -0.15) is 0 Å². The molecule has 0 amide bonds. The van der Waals surface area contributed by atoms with Gasteiger partial charge in [0.1, 0.15) is 0 Å². The molecule has 0 aromatic heterocycles. The molecule has 0 saturated heterocycles. The second-order valence-electron chi connectivity index (χ2n) is 4.15. The molecule has 1 N–H and O–H groups in total. The van der Waals surface area contributed by atoms with Crippen LogP contribution in [-0.2, 0) is 0 Å². The predicted molar refractivity (Wildman–Crippen MR) is 75.6 cm³/mol. The summed E-state index contributed by atoms with van der Waals surface area (Å²) in [6.07, 6.45) is 1.16. The van der Waals surface area contributed by atoms with E-state index in [-0.39, 0.29) is 6.61 Å². The maximum Gasteiger partial charge on any atom is 0.0558 e. The second kappa shape index (κ2) is 8.56. The van der Waals surface area contributed by atoms with Gasteiger partial charge in [0.15, 0.2) is 0 Å². The molecule has 1 rings (SSSR count). The number of likely N-dealkylation sites (N-methyl/N-ethyl adjacent to an activating group) is 1. The van der Waals surface area contributed by atoms with Crippen molar-refractivity contribution in [1.29, 1.82) is 0 Å². The predicted octanol–water partition coefficient (Wildman–Crippen LogP) is 2.87. The largest absolute Gasteiger partial charge is 0.395 e. The van der Waals surface area contributed by atoms with Crippen LogP contribution in [0.2, 0.25) is 0 Å². The highest BCUT2D eigenvalue weighted by Gasteiger charge is 2.10. The van der Waals surface area contributed by atoms with Gasteiger partial charge in [0.2, 0.25) is 0 Å². The summed E-state index contributed by atoms with van der Waals surface area (Å²) in [4.78, 5) is 3.66. The first-order valence-corrected chi connectivity index (χ1v) is 7.29. The van der Waals surface area contributed by atoms with E-state index in [9.17, 15) is 0 Å². The van der Waals surface area contributed by atoms with Crippen molar-refractivity contribution in [3.05, 3.63) is 30.3 Å². The van der Waals surface area contributed by atoms with Crippen molar-refractivity contribution in [1.82, 2.24) is 4.90 Å². The Morgan fingerprint density at radius 2 is 2.00 bits per heavy atom. The number of hydrogen-bond donors (Lipinski definition) is 1. The molecule has 0 fully saturated rings. The quantitative estimate of drug-likeness (QED) is 0.721. The average molecular weight is 253 g/mol. The summed E-state index contributed by atoms with van der Waals surface area (Å²) < 4.78 is 0. The van der Waals surface area contributed by atoms with Crippen LogP contribution in [0.25, 0.3) is 0 Å². The zero-order valence-corrected chi connectivity index (χ0v) is 11.6. The van der Waals surface area contributed by atoms with E-state index in [1.54, 1.807) is 0 Å². The number of aliphatic hydroxyl groups excluding tert-OH is 1. The monoisotopic (exact) mass is 253 g/mol. The van der Waals surface area contributed by atoms with Gasteiger partial charge < -0.3 is 5.11 Å². The zero-order chi connectivity index (χ0) is 12.5. The van der Waals surface area contributed by atoms with E-state index in [1.165, 1.54) is 4.90 Å². The minimum Gasteiger partial charge on any atom is -0.395 e. The lowest BCUT2D eigenvalue weighted by Crippen LogP contribution is -2.35. The molecule has 17 heavy (non-hydrogen) atoms. The summed E-state index contributed by atoms with van der Waals surface area (Å²) in [6.45, 7) is 6.44. The van der Waals surface area contributed by atoms with E-state index < -0.39 is 0 Å². The lowest BCUT2D eigenvalue weighted by molar-refractivity contribution is 0.162. The van der Waals surface area contributed by atoms with Crippen LogP contribution in [0, 0.1) is 0 Å². The Hall–Kier alpha value is -0.510. The van der Waals surface area contributed by atoms with Crippen LogP contribution >= 0.6 is 11.8 Å². The van der Waals surface area contributed by atoms with Gasteiger partial charge in [-0.25, -0.2) is 0 Å². The number of aliphatic hydroxyl groups is 1. The SMILES string of the molecule is CCN(CCO)C(C)CCSc1ccccc1. The summed E-state index contributed by atoms with van der Waals surface area (Å²) in [5, 5.41) is 8.97. The molecule has 0 saturated carbocycles. The Balaban J connectivity index is 2.25. The fourth-order valence-corrected chi connectivity index (χ4v) is 2.91. The van der Waals surface area contributed by atoms with Crippen molar-refractivity contribution < 1.29 is 5.11 Å².